The van der Waals surface area contributed by atoms with E-state index in [9.17, 15) is 10.2 Å². The first-order valence-corrected chi connectivity index (χ1v) is 9.39. The summed E-state index contributed by atoms with van der Waals surface area (Å²) >= 11 is 0. The van der Waals surface area contributed by atoms with Gasteiger partial charge in [0.05, 0.1) is 11.2 Å². The van der Waals surface area contributed by atoms with Crippen LogP contribution < -0.4 is 0 Å². The van der Waals surface area contributed by atoms with Gasteiger partial charge in [-0.3, -0.25) is 0 Å². The Morgan fingerprint density at radius 3 is 2.32 bits per heavy atom. The zero-order valence-corrected chi connectivity index (χ0v) is 15.7. The lowest BCUT2D eigenvalue weighted by Crippen LogP contribution is -2.57. The first-order chi connectivity index (χ1) is 9.95. The van der Waals surface area contributed by atoms with Gasteiger partial charge >= 0.3 is 0 Å². The van der Waals surface area contributed by atoms with Crippen molar-refractivity contribution in [3.05, 3.63) is 0 Å². The monoisotopic (exact) mass is 310 g/mol. The summed E-state index contributed by atoms with van der Waals surface area (Å²) in [6, 6.07) is 0. The van der Waals surface area contributed by atoms with Crippen molar-refractivity contribution >= 4 is 0 Å². The summed E-state index contributed by atoms with van der Waals surface area (Å²) in [7, 11) is 0. The molecule has 2 fully saturated rings. The summed E-state index contributed by atoms with van der Waals surface area (Å²) in [5.74, 6) is 1.00. The third-order valence-corrected chi connectivity index (χ3v) is 7.50. The van der Waals surface area contributed by atoms with E-state index in [1.54, 1.807) is 0 Å². The summed E-state index contributed by atoms with van der Waals surface area (Å²) < 4.78 is 0. The predicted molar refractivity (Wildman–Crippen MR) is 92.7 cm³/mol. The zero-order chi connectivity index (χ0) is 16.8. The Balaban J connectivity index is 2.26. The minimum Gasteiger partial charge on any atom is -0.390 e. The molecule has 2 aliphatic carbocycles. The van der Waals surface area contributed by atoms with Gasteiger partial charge in [0.15, 0.2) is 0 Å². The summed E-state index contributed by atoms with van der Waals surface area (Å²) in [5.41, 5.74) is -0.575. The minimum atomic E-state index is -0.594. The molecule has 2 N–H and O–H groups in total. The Hall–Kier alpha value is -0.0800. The molecule has 0 saturated heterocycles. The van der Waals surface area contributed by atoms with Gasteiger partial charge in [-0.15, -0.1) is 0 Å². The number of fused-ring (bicyclic) bond motifs is 1. The van der Waals surface area contributed by atoms with Crippen LogP contribution in [0.2, 0.25) is 0 Å². The standard InChI is InChI=1S/C20H38O2/c1-7-18(4,21)13-9-16-19(5)12-8-11-17(2,3)15(19)10-14-20(16,6)22/h15-16,21-22H,7-14H2,1-6H3/t15-,16+,18-,19-,20+/m0/s1. The van der Waals surface area contributed by atoms with Gasteiger partial charge in [0, 0.05) is 0 Å². The van der Waals surface area contributed by atoms with Crippen LogP contribution in [0.25, 0.3) is 0 Å². The van der Waals surface area contributed by atoms with Crippen molar-refractivity contribution in [2.24, 2.45) is 22.7 Å². The van der Waals surface area contributed by atoms with Gasteiger partial charge in [-0.1, -0.05) is 34.1 Å². The van der Waals surface area contributed by atoms with Crippen LogP contribution in [0, 0.1) is 22.7 Å². The first-order valence-electron chi connectivity index (χ1n) is 9.39. The van der Waals surface area contributed by atoms with Crippen molar-refractivity contribution in [3.63, 3.8) is 0 Å². The van der Waals surface area contributed by atoms with E-state index >= 15 is 0 Å². The lowest BCUT2D eigenvalue weighted by Gasteiger charge is -2.61. The van der Waals surface area contributed by atoms with Crippen molar-refractivity contribution in [1.29, 1.82) is 0 Å². The fourth-order valence-corrected chi connectivity index (χ4v) is 5.90. The molecule has 0 spiro atoms. The van der Waals surface area contributed by atoms with Crippen molar-refractivity contribution in [1.82, 2.24) is 0 Å². The van der Waals surface area contributed by atoms with Crippen molar-refractivity contribution in [2.45, 2.75) is 104 Å². The van der Waals surface area contributed by atoms with Crippen LogP contribution in [-0.2, 0) is 0 Å². The van der Waals surface area contributed by atoms with Gasteiger partial charge in [0.25, 0.3) is 0 Å². The van der Waals surface area contributed by atoms with Crippen LogP contribution in [-0.4, -0.2) is 21.4 Å². The van der Waals surface area contributed by atoms with Gasteiger partial charge in [-0.25, -0.2) is 0 Å². The molecule has 130 valence electrons. The maximum absolute atomic E-state index is 11.1. The summed E-state index contributed by atoms with van der Waals surface area (Å²) in [6.45, 7) is 13.3. The highest BCUT2D eigenvalue weighted by atomic mass is 16.3. The number of aliphatic hydroxyl groups is 2. The molecule has 5 atom stereocenters. The van der Waals surface area contributed by atoms with Crippen LogP contribution in [0.4, 0.5) is 0 Å². The topological polar surface area (TPSA) is 40.5 Å². The second-order valence-electron chi connectivity index (χ2n) is 9.74. The first kappa shape index (κ1) is 18.3. The zero-order valence-electron chi connectivity index (χ0n) is 15.7. The Morgan fingerprint density at radius 1 is 1.09 bits per heavy atom. The van der Waals surface area contributed by atoms with E-state index in [-0.39, 0.29) is 5.41 Å². The van der Waals surface area contributed by atoms with Crippen molar-refractivity contribution < 1.29 is 10.2 Å². The molecule has 2 saturated carbocycles. The van der Waals surface area contributed by atoms with Gasteiger partial charge in [-0.2, -0.15) is 0 Å². The highest BCUT2D eigenvalue weighted by Gasteiger charge is 2.57. The maximum Gasteiger partial charge on any atom is 0.0653 e. The quantitative estimate of drug-likeness (QED) is 0.773. The van der Waals surface area contributed by atoms with E-state index in [0.29, 0.717) is 17.3 Å². The fraction of sp³-hybridized carbons (Fsp3) is 1.00. The second kappa shape index (κ2) is 5.77. The lowest BCUT2D eigenvalue weighted by molar-refractivity contribution is -0.172. The van der Waals surface area contributed by atoms with Crippen molar-refractivity contribution in [3.8, 4) is 0 Å². The van der Waals surface area contributed by atoms with Gasteiger partial charge in [0.1, 0.15) is 0 Å². The van der Waals surface area contributed by atoms with E-state index in [1.807, 2.05) is 20.8 Å². The average molecular weight is 311 g/mol. The third-order valence-electron chi connectivity index (χ3n) is 7.50. The molecule has 0 aromatic rings. The summed E-state index contributed by atoms with van der Waals surface area (Å²) in [4.78, 5) is 0. The molecule has 2 heteroatoms. The smallest absolute Gasteiger partial charge is 0.0653 e. The van der Waals surface area contributed by atoms with Crippen molar-refractivity contribution in [2.75, 3.05) is 0 Å². The predicted octanol–water partition coefficient (Wildman–Crippen LogP) is 4.92. The average Bonchev–Trinajstić information content (AvgIpc) is 2.35. The molecule has 2 nitrogen and oxygen atoms in total. The third kappa shape index (κ3) is 3.24. The number of hydrogen-bond donors (Lipinski definition) is 2. The lowest BCUT2D eigenvalue weighted by atomic mass is 9.45. The van der Waals surface area contributed by atoms with Crippen LogP contribution in [0.5, 0.6) is 0 Å². The van der Waals surface area contributed by atoms with E-state index in [4.69, 9.17) is 0 Å². The fourth-order valence-electron chi connectivity index (χ4n) is 5.90. The molecular formula is C20H38O2. The van der Waals surface area contributed by atoms with Crippen LogP contribution in [0.1, 0.15) is 92.9 Å². The molecule has 0 radical (unpaired) electrons. The highest BCUT2D eigenvalue weighted by Crippen LogP contribution is 2.63. The molecule has 2 rings (SSSR count). The normalized spacial score (nSPS) is 44.2. The molecule has 22 heavy (non-hydrogen) atoms. The molecule has 0 aliphatic heterocycles. The van der Waals surface area contributed by atoms with E-state index < -0.39 is 11.2 Å². The second-order valence-corrected chi connectivity index (χ2v) is 9.74. The Kier molecular flexibility index (Phi) is 4.79. The summed E-state index contributed by atoms with van der Waals surface area (Å²) in [5, 5.41) is 21.5. The van der Waals surface area contributed by atoms with Gasteiger partial charge in [0.2, 0.25) is 0 Å². The number of hydrogen-bond acceptors (Lipinski definition) is 2. The van der Waals surface area contributed by atoms with E-state index in [2.05, 4.69) is 20.8 Å². The molecule has 0 aromatic carbocycles. The van der Waals surface area contributed by atoms with Gasteiger partial charge < -0.3 is 10.2 Å². The van der Waals surface area contributed by atoms with E-state index in [1.165, 1.54) is 19.3 Å². The van der Waals surface area contributed by atoms with E-state index in [0.717, 1.165) is 32.1 Å². The Labute approximate surface area is 137 Å². The SMILES string of the molecule is CC[C@](C)(O)CC[C@@H]1[C@@]2(C)CCCC(C)(C)[C@@H]2CC[C@@]1(C)O. The van der Waals surface area contributed by atoms with Gasteiger partial charge in [-0.05, 0) is 81.5 Å². The molecule has 2 aliphatic rings. The molecule has 0 heterocycles. The van der Waals surface area contributed by atoms with Crippen LogP contribution >= 0.6 is 0 Å². The Bertz CT molecular complexity index is 397. The molecular weight excluding hydrogens is 272 g/mol. The van der Waals surface area contributed by atoms with Crippen LogP contribution in [0.15, 0.2) is 0 Å². The molecule has 0 aromatic heterocycles. The number of rotatable bonds is 4. The van der Waals surface area contributed by atoms with Crippen LogP contribution in [0.3, 0.4) is 0 Å². The largest absolute Gasteiger partial charge is 0.390 e. The maximum atomic E-state index is 11.1. The molecule has 0 amide bonds. The molecule has 0 unspecified atom stereocenters. The Morgan fingerprint density at radius 2 is 1.73 bits per heavy atom. The highest BCUT2D eigenvalue weighted by molar-refractivity contribution is 5.07. The molecule has 0 bridgehead atoms. The minimum absolute atomic E-state index is 0.216. The summed E-state index contributed by atoms with van der Waals surface area (Å²) in [6.07, 6.45) is 8.41.